The van der Waals surface area contributed by atoms with Crippen molar-refractivity contribution in [2.75, 3.05) is 26.7 Å². The molecule has 2 heterocycles. The Balaban J connectivity index is 1.67. The zero-order valence-corrected chi connectivity index (χ0v) is 13.6. The fourth-order valence-electron chi connectivity index (χ4n) is 2.27. The standard InChI is InChI=1S/C13H19IN2OS/c1-16-6-3-10(4-7-16)2-5-15-13(17)11-8-12(14)18-9-11/h8-10H,2-7H2,1H3,(H,15,17). The number of thiophene rings is 1. The van der Waals surface area contributed by atoms with Gasteiger partial charge in [-0.1, -0.05) is 0 Å². The molecule has 0 radical (unpaired) electrons. The van der Waals surface area contributed by atoms with Crippen molar-refractivity contribution in [3.63, 3.8) is 0 Å². The van der Waals surface area contributed by atoms with Gasteiger partial charge in [0.05, 0.1) is 8.45 Å². The van der Waals surface area contributed by atoms with E-state index in [1.807, 2.05) is 11.4 Å². The van der Waals surface area contributed by atoms with E-state index in [-0.39, 0.29) is 5.91 Å². The summed E-state index contributed by atoms with van der Waals surface area (Å²) in [6.07, 6.45) is 3.65. The molecule has 3 nitrogen and oxygen atoms in total. The Morgan fingerprint density at radius 3 is 2.89 bits per heavy atom. The Hall–Kier alpha value is -0.140. The highest BCUT2D eigenvalue weighted by Gasteiger charge is 2.16. The molecule has 100 valence electrons. The largest absolute Gasteiger partial charge is 0.352 e. The average molecular weight is 378 g/mol. The first-order valence-corrected chi connectivity index (χ1v) is 8.32. The minimum atomic E-state index is 0.0714. The summed E-state index contributed by atoms with van der Waals surface area (Å²) in [5, 5.41) is 4.94. The van der Waals surface area contributed by atoms with Crippen molar-refractivity contribution in [2.24, 2.45) is 5.92 Å². The van der Waals surface area contributed by atoms with Gasteiger partial charge in [-0.3, -0.25) is 4.79 Å². The molecule has 0 aliphatic carbocycles. The first kappa shape index (κ1) is 14.3. The Morgan fingerprint density at radius 1 is 1.56 bits per heavy atom. The van der Waals surface area contributed by atoms with Gasteiger partial charge in [0.2, 0.25) is 0 Å². The van der Waals surface area contributed by atoms with Crippen LogP contribution in [0.2, 0.25) is 0 Å². The van der Waals surface area contributed by atoms with Crippen LogP contribution in [0.3, 0.4) is 0 Å². The van der Waals surface area contributed by atoms with Gasteiger partial charge >= 0.3 is 0 Å². The Labute approximate surface area is 126 Å². The van der Waals surface area contributed by atoms with E-state index in [2.05, 4.69) is 39.9 Å². The van der Waals surface area contributed by atoms with Gasteiger partial charge in [0.25, 0.3) is 5.91 Å². The predicted molar refractivity (Wildman–Crippen MR) is 84.2 cm³/mol. The van der Waals surface area contributed by atoms with E-state index < -0.39 is 0 Å². The number of halogens is 1. The maximum absolute atomic E-state index is 11.8. The second kappa shape index (κ2) is 6.86. The normalized spacial score (nSPS) is 17.9. The van der Waals surface area contributed by atoms with Crippen molar-refractivity contribution in [1.29, 1.82) is 0 Å². The number of piperidine rings is 1. The van der Waals surface area contributed by atoms with E-state index >= 15 is 0 Å². The Bertz CT molecular complexity index is 399. The molecule has 1 fully saturated rings. The monoisotopic (exact) mass is 378 g/mol. The third kappa shape index (κ3) is 4.20. The van der Waals surface area contributed by atoms with Crippen LogP contribution in [0.4, 0.5) is 0 Å². The topological polar surface area (TPSA) is 32.3 Å². The van der Waals surface area contributed by atoms with Crippen LogP contribution in [-0.4, -0.2) is 37.5 Å². The van der Waals surface area contributed by atoms with E-state index in [1.54, 1.807) is 11.3 Å². The molecule has 1 aliphatic rings. The number of rotatable bonds is 4. The molecule has 0 atom stereocenters. The van der Waals surface area contributed by atoms with Gasteiger partial charge in [0.15, 0.2) is 0 Å². The second-order valence-electron chi connectivity index (χ2n) is 4.93. The van der Waals surface area contributed by atoms with Gasteiger partial charge in [-0.25, -0.2) is 0 Å². The Morgan fingerprint density at radius 2 is 2.28 bits per heavy atom. The van der Waals surface area contributed by atoms with Crippen molar-refractivity contribution in [3.8, 4) is 0 Å². The van der Waals surface area contributed by atoms with Crippen molar-refractivity contribution < 1.29 is 4.79 Å². The van der Waals surface area contributed by atoms with Gasteiger partial charge in [0.1, 0.15) is 0 Å². The average Bonchev–Trinajstić information content (AvgIpc) is 2.78. The van der Waals surface area contributed by atoms with E-state index in [0.29, 0.717) is 0 Å². The molecule has 2 rings (SSSR count). The maximum Gasteiger partial charge on any atom is 0.252 e. The van der Waals surface area contributed by atoms with Crippen LogP contribution in [0.1, 0.15) is 29.6 Å². The maximum atomic E-state index is 11.8. The summed E-state index contributed by atoms with van der Waals surface area (Å²) in [5.74, 6) is 0.853. The number of amides is 1. The third-order valence-electron chi connectivity index (χ3n) is 3.51. The van der Waals surface area contributed by atoms with Gasteiger partial charge < -0.3 is 10.2 Å². The first-order valence-electron chi connectivity index (χ1n) is 6.36. The number of hydrogen-bond acceptors (Lipinski definition) is 3. The lowest BCUT2D eigenvalue weighted by molar-refractivity contribution is 0.0949. The SMILES string of the molecule is CN1CCC(CCNC(=O)c2csc(I)c2)CC1. The molecular weight excluding hydrogens is 359 g/mol. The van der Waals surface area contributed by atoms with Crippen LogP contribution in [-0.2, 0) is 0 Å². The highest BCUT2D eigenvalue weighted by Crippen LogP contribution is 2.19. The lowest BCUT2D eigenvalue weighted by Crippen LogP contribution is -2.32. The van der Waals surface area contributed by atoms with Gasteiger partial charge in [-0.2, -0.15) is 0 Å². The summed E-state index contributed by atoms with van der Waals surface area (Å²) in [7, 11) is 2.18. The molecule has 1 amide bonds. The zero-order chi connectivity index (χ0) is 13.0. The number of hydrogen-bond donors (Lipinski definition) is 1. The molecule has 0 spiro atoms. The van der Waals surface area contributed by atoms with Crippen LogP contribution >= 0.6 is 33.9 Å². The van der Waals surface area contributed by atoms with Crippen LogP contribution in [0, 0.1) is 8.80 Å². The molecule has 1 N–H and O–H groups in total. The predicted octanol–water partition coefficient (Wildman–Crippen LogP) is 2.81. The minimum absolute atomic E-state index is 0.0714. The first-order chi connectivity index (χ1) is 8.65. The van der Waals surface area contributed by atoms with Gasteiger partial charge in [0, 0.05) is 11.9 Å². The number of nitrogens with one attached hydrogen (secondary N) is 1. The summed E-state index contributed by atoms with van der Waals surface area (Å²) in [4.78, 5) is 14.2. The quantitative estimate of drug-likeness (QED) is 0.818. The van der Waals surface area contributed by atoms with E-state index in [9.17, 15) is 4.79 Å². The fraction of sp³-hybridized carbons (Fsp3) is 0.615. The Kier molecular flexibility index (Phi) is 5.44. The number of likely N-dealkylation sites (tertiary alicyclic amines) is 1. The highest BCUT2D eigenvalue weighted by molar-refractivity contribution is 14.1. The zero-order valence-electron chi connectivity index (χ0n) is 10.6. The van der Waals surface area contributed by atoms with Gasteiger partial charge in [-0.05, 0) is 74.0 Å². The summed E-state index contributed by atoms with van der Waals surface area (Å²) in [5.41, 5.74) is 0.799. The lowest BCUT2D eigenvalue weighted by atomic mass is 9.94. The van der Waals surface area contributed by atoms with E-state index in [4.69, 9.17) is 0 Å². The summed E-state index contributed by atoms with van der Waals surface area (Å²) >= 11 is 3.86. The van der Waals surface area contributed by atoms with Crippen molar-refractivity contribution in [3.05, 3.63) is 19.9 Å². The second-order valence-corrected chi connectivity index (χ2v) is 7.74. The smallest absolute Gasteiger partial charge is 0.252 e. The molecule has 18 heavy (non-hydrogen) atoms. The lowest BCUT2D eigenvalue weighted by Gasteiger charge is -2.28. The van der Waals surface area contributed by atoms with E-state index in [1.165, 1.54) is 25.9 Å². The number of nitrogens with zero attached hydrogens (tertiary/aromatic N) is 1. The molecule has 5 heteroatoms. The number of carbonyl (C=O) groups excluding carboxylic acids is 1. The molecular formula is C13H19IN2OS. The van der Waals surface area contributed by atoms with Gasteiger partial charge in [-0.15, -0.1) is 11.3 Å². The molecule has 0 saturated carbocycles. The summed E-state index contributed by atoms with van der Waals surface area (Å²) < 4.78 is 1.16. The van der Waals surface area contributed by atoms with Crippen LogP contribution in [0.15, 0.2) is 11.4 Å². The van der Waals surface area contributed by atoms with Crippen LogP contribution < -0.4 is 5.32 Å². The minimum Gasteiger partial charge on any atom is -0.352 e. The third-order valence-corrected chi connectivity index (χ3v) is 5.29. The summed E-state index contributed by atoms with van der Waals surface area (Å²) in [6.45, 7) is 3.20. The number of carbonyl (C=O) groups is 1. The fourth-order valence-corrected chi connectivity index (χ4v) is 3.60. The molecule has 1 aliphatic heterocycles. The van der Waals surface area contributed by atoms with Crippen molar-refractivity contribution in [1.82, 2.24) is 10.2 Å². The molecule has 0 aromatic carbocycles. The molecule has 0 bridgehead atoms. The molecule has 1 saturated heterocycles. The highest BCUT2D eigenvalue weighted by atomic mass is 127. The van der Waals surface area contributed by atoms with Crippen molar-refractivity contribution >= 4 is 39.8 Å². The van der Waals surface area contributed by atoms with Crippen LogP contribution in [0.5, 0.6) is 0 Å². The van der Waals surface area contributed by atoms with E-state index in [0.717, 1.165) is 27.3 Å². The summed E-state index contributed by atoms with van der Waals surface area (Å²) in [6, 6.07) is 1.94. The molecule has 1 aromatic rings. The van der Waals surface area contributed by atoms with Crippen molar-refractivity contribution in [2.45, 2.75) is 19.3 Å². The molecule has 1 aromatic heterocycles. The molecule has 0 unspecified atom stereocenters. The van der Waals surface area contributed by atoms with Crippen LogP contribution in [0.25, 0.3) is 0 Å².